The Morgan fingerprint density at radius 3 is 2.38 bits per heavy atom. The number of aryl methyl sites for hydroxylation is 1. The van der Waals surface area contributed by atoms with Gasteiger partial charge in [-0.1, -0.05) is 23.7 Å². The van der Waals surface area contributed by atoms with Crippen molar-refractivity contribution in [2.24, 2.45) is 0 Å². The monoisotopic (exact) mass is 313 g/mol. The molecule has 1 N–H and O–H groups in total. The first kappa shape index (κ1) is 15.9. The minimum Gasteiger partial charge on any atom is -0.313 e. The molecule has 0 saturated carbocycles. The summed E-state index contributed by atoms with van der Waals surface area (Å²) in [6.07, 6.45) is 0.415. The summed E-state index contributed by atoms with van der Waals surface area (Å²) in [4.78, 5) is 0. The van der Waals surface area contributed by atoms with Crippen LogP contribution in [-0.4, -0.2) is 7.05 Å². The molecule has 2 aromatic carbocycles. The van der Waals surface area contributed by atoms with E-state index in [9.17, 15) is 13.2 Å². The van der Waals surface area contributed by atoms with E-state index < -0.39 is 11.6 Å². The Morgan fingerprint density at radius 1 is 1.05 bits per heavy atom. The van der Waals surface area contributed by atoms with E-state index in [1.165, 1.54) is 12.1 Å². The van der Waals surface area contributed by atoms with Gasteiger partial charge in [0.25, 0.3) is 0 Å². The molecule has 21 heavy (non-hydrogen) atoms. The third-order valence-electron chi connectivity index (χ3n) is 3.43. The highest BCUT2D eigenvalue weighted by atomic mass is 35.5. The molecule has 0 aromatic heterocycles. The van der Waals surface area contributed by atoms with Crippen molar-refractivity contribution in [2.75, 3.05) is 7.05 Å². The molecule has 112 valence electrons. The summed E-state index contributed by atoms with van der Waals surface area (Å²) in [7, 11) is 1.74. The Hall–Kier alpha value is -1.52. The largest absolute Gasteiger partial charge is 0.313 e. The Kier molecular flexibility index (Phi) is 4.91. The molecule has 0 aliphatic carbocycles. The molecule has 2 rings (SSSR count). The SMILES string of the molecule is CNC(Cc1ccc(F)c(F)c1)c1cc(C)c(F)cc1Cl. The zero-order valence-electron chi connectivity index (χ0n) is 11.7. The van der Waals surface area contributed by atoms with Crippen molar-refractivity contribution in [1.29, 1.82) is 0 Å². The summed E-state index contributed by atoms with van der Waals surface area (Å²) in [6, 6.07) is 6.48. The number of benzene rings is 2. The van der Waals surface area contributed by atoms with Crippen LogP contribution in [0.4, 0.5) is 13.2 Å². The molecule has 2 aromatic rings. The second-order valence-electron chi connectivity index (χ2n) is 4.92. The summed E-state index contributed by atoms with van der Waals surface area (Å²) in [5.74, 6) is -2.13. The molecule has 5 heteroatoms. The maximum Gasteiger partial charge on any atom is 0.159 e. The van der Waals surface area contributed by atoms with Gasteiger partial charge in [-0.3, -0.25) is 0 Å². The van der Waals surface area contributed by atoms with Gasteiger partial charge in [0.15, 0.2) is 11.6 Å². The Balaban J connectivity index is 2.31. The fourth-order valence-electron chi connectivity index (χ4n) is 2.22. The van der Waals surface area contributed by atoms with Crippen molar-refractivity contribution in [2.45, 2.75) is 19.4 Å². The summed E-state index contributed by atoms with van der Waals surface area (Å²) >= 11 is 6.08. The molecule has 1 nitrogen and oxygen atoms in total. The predicted molar refractivity (Wildman–Crippen MR) is 78.0 cm³/mol. The molecule has 0 radical (unpaired) electrons. The van der Waals surface area contributed by atoms with Gasteiger partial charge >= 0.3 is 0 Å². The van der Waals surface area contributed by atoms with Crippen LogP contribution in [0.2, 0.25) is 5.02 Å². The lowest BCUT2D eigenvalue weighted by Gasteiger charge is -2.19. The van der Waals surface area contributed by atoms with E-state index in [0.29, 0.717) is 22.6 Å². The van der Waals surface area contributed by atoms with Crippen LogP contribution < -0.4 is 5.32 Å². The van der Waals surface area contributed by atoms with E-state index in [0.717, 1.165) is 17.7 Å². The minimum absolute atomic E-state index is 0.221. The third kappa shape index (κ3) is 3.57. The van der Waals surface area contributed by atoms with Gasteiger partial charge in [0, 0.05) is 11.1 Å². The first-order valence-corrected chi connectivity index (χ1v) is 6.87. The molecule has 0 aliphatic rings. The van der Waals surface area contributed by atoms with Gasteiger partial charge in [-0.25, -0.2) is 13.2 Å². The van der Waals surface area contributed by atoms with E-state index in [4.69, 9.17) is 11.6 Å². The molecule has 0 spiro atoms. The van der Waals surface area contributed by atoms with Gasteiger partial charge in [-0.2, -0.15) is 0 Å². The lowest BCUT2D eigenvalue weighted by atomic mass is 9.97. The van der Waals surface area contributed by atoms with Gasteiger partial charge in [-0.15, -0.1) is 0 Å². The molecule has 0 amide bonds. The van der Waals surface area contributed by atoms with E-state index in [2.05, 4.69) is 5.32 Å². The standard InChI is InChI=1S/C16H15ClF3N/c1-9-5-11(12(17)8-14(9)19)16(21-2)7-10-3-4-13(18)15(20)6-10/h3-6,8,16,21H,7H2,1-2H3. The van der Waals surface area contributed by atoms with E-state index in [1.54, 1.807) is 20.0 Å². The number of hydrogen-bond acceptors (Lipinski definition) is 1. The molecule has 0 heterocycles. The smallest absolute Gasteiger partial charge is 0.159 e. The highest BCUT2D eigenvalue weighted by Gasteiger charge is 2.16. The third-order valence-corrected chi connectivity index (χ3v) is 3.75. The Bertz CT molecular complexity index is 658. The number of nitrogens with one attached hydrogen (secondary N) is 1. The average Bonchev–Trinajstić information content (AvgIpc) is 2.44. The predicted octanol–water partition coefficient (Wildman–Crippen LogP) is 4.57. The Labute approximate surface area is 126 Å². The van der Waals surface area contributed by atoms with Crippen LogP contribution >= 0.6 is 11.6 Å². The molecule has 0 saturated heterocycles. The average molecular weight is 314 g/mol. The van der Waals surface area contributed by atoms with Crippen LogP contribution in [0.15, 0.2) is 30.3 Å². The lowest BCUT2D eigenvalue weighted by molar-refractivity contribution is 0.504. The topological polar surface area (TPSA) is 12.0 Å². The molecule has 0 bridgehead atoms. The fraction of sp³-hybridized carbons (Fsp3) is 0.250. The number of likely N-dealkylation sites (N-methyl/N-ethyl adjacent to an activating group) is 1. The molecular weight excluding hydrogens is 299 g/mol. The highest BCUT2D eigenvalue weighted by molar-refractivity contribution is 6.31. The summed E-state index contributed by atoms with van der Waals surface area (Å²) < 4.78 is 39.7. The molecule has 0 fully saturated rings. The van der Waals surface area contributed by atoms with Crippen LogP contribution in [0.1, 0.15) is 22.7 Å². The molecular formula is C16H15ClF3N. The normalized spacial score (nSPS) is 12.5. The van der Waals surface area contributed by atoms with Crippen LogP contribution in [-0.2, 0) is 6.42 Å². The zero-order valence-corrected chi connectivity index (χ0v) is 12.4. The lowest BCUT2D eigenvalue weighted by Crippen LogP contribution is -2.19. The second kappa shape index (κ2) is 6.50. The second-order valence-corrected chi connectivity index (χ2v) is 5.32. The quantitative estimate of drug-likeness (QED) is 0.872. The van der Waals surface area contributed by atoms with Crippen LogP contribution in [0, 0.1) is 24.4 Å². The minimum atomic E-state index is -0.885. The van der Waals surface area contributed by atoms with Crippen LogP contribution in [0.5, 0.6) is 0 Å². The van der Waals surface area contributed by atoms with Gasteiger partial charge < -0.3 is 5.32 Å². The Morgan fingerprint density at radius 2 is 1.76 bits per heavy atom. The van der Waals surface area contributed by atoms with Gasteiger partial charge in [-0.05, 0) is 55.3 Å². The van der Waals surface area contributed by atoms with Gasteiger partial charge in [0.2, 0.25) is 0 Å². The van der Waals surface area contributed by atoms with Crippen LogP contribution in [0.25, 0.3) is 0 Å². The highest BCUT2D eigenvalue weighted by Crippen LogP contribution is 2.28. The fourth-order valence-corrected chi connectivity index (χ4v) is 2.50. The zero-order chi connectivity index (χ0) is 15.6. The first-order valence-electron chi connectivity index (χ1n) is 6.49. The maximum absolute atomic E-state index is 13.5. The van der Waals surface area contributed by atoms with Crippen molar-refractivity contribution in [3.8, 4) is 0 Å². The first-order chi connectivity index (χ1) is 9.92. The van der Waals surface area contributed by atoms with Crippen molar-refractivity contribution < 1.29 is 13.2 Å². The van der Waals surface area contributed by atoms with Crippen molar-refractivity contribution in [1.82, 2.24) is 5.32 Å². The van der Waals surface area contributed by atoms with E-state index in [1.807, 2.05) is 0 Å². The number of rotatable bonds is 4. The summed E-state index contributed by atoms with van der Waals surface area (Å²) in [5, 5.41) is 3.37. The van der Waals surface area contributed by atoms with Gasteiger partial charge in [0.05, 0.1) is 0 Å². The van der Waals surface area contributed by atoms with Gasteiger partial charge in [0.1, 0.15) is 5.82 Å². The van der Waals surface area contributed by atoms with Crippen molar-refractivity contribution in [3.05, 3.63) is 69.5 Å². The van der Waals surface area contributed by atoms with Crippen molar-refractivity contribution >= 4 is 11.6 Å². The van der Waals surface area contributed by atoms with E-state index in [-0.39, 0.29) is 11.9 Å². The molecule has 1 atom stereocenters. The molecule has 0 aliphatic heterocycles. The number of hydrogen-bond donors (Lipinski definition) is 1. The maximum atomic E-state index is 13.5. The van der Waals surface area contributed by atoms with Crippen LogP contribution in [0.3, 0.4) is 0 Å². The summed E-state index contributed by atoms with van der Waals surface area (Å²) in [5.41, 5.74) is 1.84. The van der Waals surface area contributed by atoms with Crippen molar-refractivity contribution in [3.63, 3.8) is 0 Å². The summed E-state index contributed by atoms with van der Waals surface area (Å²) in [6.45, 7) is 1.65. The number of halogens is 4. The molecule has 1 unspecified atom stereocenters. The van der Waals surface area contributed by atoms with E-state index >= 15 is 0 Å².